The van der Waals surface area contributed by atoms with Crippen LogP contribution >= 0.6 is 0 Å². The van der Waals surface area contributed by atoms with Crippen molar-refractivity contribution < 1.29 is 14.6 Å². The number of tetrazole rings is 1. The molecule has 1 fully saturated rings. The Labute approximate surface area is 152 Å². The van der Waals surface area contributed by atoms with Gasteiger partial charge in [0.05, 0.1) is 32.4 Å². The lowest BCUT2D eigenvalue weighted by Crippen LogP contribution is -2.37. The van der Waals surface area contributed by atoms with Crippen LogP contribution in [0.2, 0.25) is 0 Å². The minimum absolute atomic E-state index is 0.0463. The van der Waals surface area contributed by atoms with Gasteiger partial charge in [-0.15, -0.1) is 5.10 Å². The number of rotatable bonds is 7. The highest BCUT2D eigenvalue weighted by molar-refractivity contribution is 5.75. The number of ether oxygens (including phenoxy) is 1. The third kappa shape index (κ3) is 4.84. The maximum atomic E-state index is 12.5. The SMILES string of the molecule is CN(C[C@@H](O)c1ccccc1)C(=O)Cn1nnnc1CN1CCOCC1. The highest BCUT2D eigenvalue weighted by Crippen LogP contribution is 2.13. The van der Waals surface area contributed by atoms with Gasteiger partial charge in [-0.2, -0.15) is 0 Å². The van der Waals surface area contributed by atoms with E-state index in [-0.39, 0.29) is 19.0 Å². The molecule has 2 heterocycles. The van der Waals surface area contributed by atoms with Crippen LogP contribution in [0.25, 0.3) is 0 Å². The van der Waals surface area contributed by atoms with Crippen LogP contribution < -0.4 is 0 Å². The second-order valence-electron chi connectivity index (χ2n) is 6.34. The third-order valence-corrected chi connectivity index (χ3v) is 4.42. The molecule has 1 atom stereocenters. The number of likely N-dealkylation sites (N-methyl/N-ethyl adjacent to an activating group) is 1. The first-order valence-electron chi connectivity index (χ1n) is 8.65. The zero-order valence-electron chi connectivity index (χ0n) is 14.9. The van der Waals surface area contributed by atoms with E-state index >= 15 is 0 Å². The summed E-state index contributed by atoms with van der Waals surface area (Å²) < 4.78 is 6.85. The van der Waals surface area contributed by atoms with Crippen molar-refractivity contribution in [3.05, 3.63) is 41.7 Å². The van der Waals surface area contributed by atoms with E-state index in [9.17, 15) is 9.90 Å². The van der Waals surface area contributed by atoms with Gasteiger partial charge in [-0.05, 0) is 16.0 Å². The van der Waals surface area contributed by atoms with Gasteiger partial charge in [0.1, 0.15) is 6.54 Å². The van der Waals surface area contributed by atoms with E-state index in [1.54, 1.807) is 7.05 Å². The molecule has 0 spiro atoms. The Kier molecular flexibility index (Phi) is 6.26. The lowest BCUT2D eigenvalue weighted by molar-refractivity contribution is -0.132. The van der Waals surface area contributed by atoms with Gasteiger partial charge in [0.25, 0.3) is 0 Å². The Morgan fingerprint density at radius 2 is 2.04 bits per heavy atom. The molecule has 2 aromatic rings. The quantitative estimate of drug-likeness (QED) is 0.724. The Balaban J connectivity index is 1.55. The fourth-order valence-electron chi connectivity index (χ4n) is 2.81. The molecule has 9 nitrogen and oxygen atoms in total. The summed E-state index contributed by atoms with van der Waals surface area (Å²) in [6, 6.07) is 9.28. The summed E-state index contributed by atoms with van der Waals surface area (Å²) in [7, 11) is 1.67. The van der Waals surface area contributed by atoms with Gasteiger partial charge in [0.2, 0.25) is 5.91 Å². The van der Waals surface area contributed by atoms with E-state index in [0.29, 0.717) is 25.6 Å². The van der Waals surface area contributed by atoms with E-state index in [2.05, 4.69) is 20.4 Å². The number of aliphatic hydroxyl groups excluding tert-OH is 1. The standard InChI is InChI=1S/C17H24N6O3/c1-21(11-15(24)14-5-3-2-4-6-14)17(25)13-23-16(18-19-20-23)12-22-7-9-26-10-8-22/h2-6,15,24H,7-13H2,1H3/t15-/m1/s1. The molecule has 1 saturated heterocycles. The van der Waals surface area contributed by atoms with E-state index < -0.39 is 6.10 Å². The van der Waals surface area contributed by atoms with Gasteiger partial charge in [0.15, 0.2) is 5.82 Å². The minimum Gasteiger partial charge on any atom is -0.387 e. The first-order chi connectivity index (χ1) is 12.6. The number of benzene rings is 1. The minimum atomic E-state index is -0.730. The summed E-state index contributed by atoms with van der Waals surface area (Å²) in [5.41, 5.74) is 0.780. The van der Waals surface area contributed by atoms with E-state index in [1.807, 2.05) is 30.3 Å². The molecule has 0 aliphatic carbocycles. The van der Waals surface area contributed by atoms with Crippen molar-refractivity contribution in [3.63, 3.8) is 0 Å². The molecule has 1 aliphatic rings. The summed E-state index contributed by atoms with van der Waals surface area (Å²) in [5.74, 6) is 0.493. The average molecular weight is 360 g/mol. The van der Waals surface area contributed by atoms with Crippen molar-refractivity contribution in [2.45, 2.75) is 19.2 Å². The normalized spacial score (nSPS) is 16.4. The van der Waals surface area contributed by atoms with Crippen molar-refractivity contribution in [1.29, 1.82) is 0 Å². The van der Waals surface area contributed by atoms with Crippen LogP contribution in [0.5, 0.6) is 0 Å². The zero-order valence-corrected chi connectivity index (χ0v) is 14.9. The highest BCUT2D eigenvalue weighted by Gasteiger charge is 2.19. The summed E-state index contributed by atoms with van der Waals surface area (Å²) in [5, 5.41) is 21.9. The molecule has 0 bridgehead atoms. The lowest BCUT2D eigenvalue weighted by atomic mass is 10.1. The number of aliphatic hydroxyl groups is 1. The van der Waals surface area contributed by atoms with Crippen LogP contribution in [0.3, 0.4) is 0 Å². The number of carbonyl (C=O) groups is 1. The van der Waals surface area contributed by atoms with Gasteiger partial charge in [-0.3, -0.25) is 9.69 Å². The van der Waals surface area contributed by atoms with Crippen LogP contribution in [0.15, 0.2) is 30.3 Å². The van der Waals surface area contributed by atoms with E-state index in [1.165, 1.54) is 9.58 Å². The molecular weight excluding hydrogens is 336 g/mol. The van der Waals surface area contributed by atoms with Gasteiger partial charge >= 0.3 is 0 Å². The molecule has 0 saturated carbocycles. The van der Waals surface area contributed by atoms with Crippen molar-refractivity contribution in [2.75, 3.05) is 39.9 Å². The first kappa shape index (κ1) is 18.4. The monoisotopic (exact) mass is 360 g/mol. The molecule has 0 unspecified atom stereocenters. The molecule has 9 heteroatoms. The fraction of sp³-hybridized carbons (Fsp3) is 0.529. The number of hydrogen-bond acceptors (Lipinski definition) is 7. The summed E-state index contributed by atoms with van der Waals surface area (Å²) >= 11 is 0. The van der Waals surface area contributed by atoms with Crippen molar-refractivity contribution in [3.8, 4) is 0 Å². The lowest BCUT2D eigenvalue weighted by Gasteiger charge is -2.26. The first-order valence-corrected chi connectivity index (χ1v) is 8.65. The van der Waals surface area contributed by atoms with Gasteiger partial charge in [-0.1, -0.05) is 30.3 Å². The second kappa shape index (κ2) is 8.84. The van der Waals surface area contributed by atoms with Gasteiger partial charge in [-0.25, -0.2) is 4.68 Å². The summed E-state index contributed by atoms with van der Waals surface area (Å²) in [4.78, 5) is 16.2. The number of nitrogens with zero attached hydrogens (tertiary/aromatic N) is 6. The number of morpholine rings is 1. The largest absolute Gasteiger partial charge is 0.387 e. The third-order valence-electron chi connectivity index (χ3n) is 4.42. The number of carbonyl (C=O) groups excluding carboxylic acids is 1. The molecular formula is C17H24N6O3. The van der Waals surface area contributed by atoms with Crippen molar-refractivity contribution in [2.24, 2.45) is 0 Å². The summed E-state index contributed by atoms with van der Waals surface area (Å²) in [6.07, 6.45) is -0.730. The van der Waals surface area contributed by atoms with E-state index in [4.69, 9.17) is 4.74 Å². The Morgan fingerprint density at radius 3 is 2.77 bits per heavy atom. The van der Waals surface area contributed by atoms with E-state index in [0.717, 1.165) is 18.7 Å². The molecule has 1 aromatic heterocycles. The number of hydrogen-bond donors (Lipinski definition) is 1. The Hall–Kier alpha value is -2.36. The molecule has 26 heavy (non-hydrogen) atoms. The van der Waals surface area contributed by atoms with Gasteiger partial charge < -0.3 is 14.7 Å². The number of amides is 1. The molecule has 0 radical (unpaired) electrons. The predicted molar refractivity (Wildman–Crippen MR) is 93.0 cm³/mol. The molecule has 3 rings (SSSR count). The van der Waals surface area contributed by atoms with Crippen LogP contribution in [-0.2, 0) is 22.6 Å². The maximum Gasteiger partial charge on any atom is 0.244 e. The van der Waals surface area contributed by atoms with Crippen LogP contribution in [-0.4, -0.2) is 80.9 Å². The molecule has 1 N–H and O–H groups in total. The van der Waals surface area contributed by atoms with Crippen LogP contribution in [0.1, 0.15) is 17.5 Å². The summed E-state index contributed by atoms with van der Waals surface area (Å²) in [6.45, 7) is 3.88. The zero-order chi connectivity index (χ0) is 18.4. The topological polar surface area (TPSA) is 96.6 Å². The van der Waals surface area contributed by atoms with Gasteiger partial charge in [0, 0.05) is 20.1 Å². The Morgan fingerprint density at radius 1 is 1.31 bits per heavy atom. The number of aromatic nitrogens is 4. The second-order valence-corrected chi connectivity index (χ2v) is 6.34. The van der Waals surface area contributed by atoms with Crippen LogP contribution in [0.4, 0.5) is 0 Å². The molecule has 1 aromatic carbocycles. The predicted octanol–water partition coefficient (Wildman–Crippen LogP) is -0.303. The Bertz CT molecular complexity index is 702. The van der Waals surface area contributed by atoms with Crippen molar-refractivity contribution >= 4 is 5.91 Å². The maximum absolute atomic E-state index is 12.5. The highest BCUT2D eigenvalue weighted by atomic mass is 16.5. The molecule has 1 aliphatic heterocycles. The van der Waals surface area contributed by atoms with Crippen molar-refractivity contribution in [1.82, 2.24) is 30.0 Å². The average Bonchev–Trinajstić information content (AvgIpc) is 3.09. The smallest absolute Gasteiger partial charge is 0.244 e. The van der Waals surface area contributed by atoms with Crippen LogP contribution in [0, 0.1) is 0 Å². The molecule has 140 valence electrons. The molecule has 1 amide bonds. The fourth-order valence-corrected chi connectivity index (χ4v) is 2.81.